The van der Waals surface area contributed by atoms with Gasteiger partial charge in [-0.3, -0.25) is 4.79 Å². The van der Waals surface area contributed by atoms with E-state index < -0.39 is 0 Å². The van der Waals surface area contributed by atoms with Crippen molar-refractivity contribution < 1.29 is 4.79 Å². The Labute approximate surface area is 97.1 Å². The van der Waals surface area contributed by atoms with E-state index in [2.05, 4.69) is 24.4 Å². The predicted molar refractivity (Wildman–Crippen MR) is 67.3 cm³/mol. The molecule has 0 spiro atoms. The monoisotopic (exact) mass is 217 g/mol. The van der Waals surface area contributed by atoms with Crippen LogP contribution in [0.25, 0.3) is 0 Å². The lowest BCUT2D eigenvalue weighted by Gasteiger charge is -2.22. The lowest BCUT2D eigenvalue weighted by Crippen LogP contribution is -2.16. The average Bonchev–Trinajstić information content (AvgIpc) is 2.28. The molecule has 0 radical (unpaired) electrons. The minimum atomic E-state index is 0.190. The number of carbonyl (C=O) groups is 1. The smallest absolute Gasteiger partial charge is 0.162 e. The van der Waals surface area contributed by atoms with Crippen molar-refractivity contribution in [2.45, 2.75) is 39.5 Å². The van der Waals surface area contributed by atoms with Crippen molar-refractivity contribution in [2.75, 3.05) is 11.9 Å². The molecule has 1 aliphatic heterocycles. The molecule has 1 N–H and O–H groups in total. The molecule has 0 aliphatic carbocycles. The Morgan fingerprint density at radius 2 is 2.25 bits per heavy atom. The van der Waals surface area contributed by atoms with Gasteiger partial charge in [-0.2, -0.15) is 0 Å². The van der Waals surface area contributed by atoms with Crippen molar-refractivity contribution >= 4 is 11.5 Å². The minimum absolute atomic E-state index is 0.190. The van der Waals surface area contributed by atoms with Crippen LogP contribution in [0.2, 0.25) is 0 Å². The number of hydrogen-bond acceptors (Lipinski definition) is 2. The molecule has 1 aliphatic rings. The van der Waals surface area contributed by atoms with Gasteiger partial charge in [0.25, 0.3) is 0 Å². The molecular formula is C14H19NO. The molecule has 0 amide bonds. The van der Waals surface area contributed by atoms with Gasteiger partial charge >= 0.3 is 0 Å². The Hall–Kier alpha value is -1.31. The lowest BCUT2D eigenvalue weighted by atomic mass is 9.92. The average molecular weight is 217 g/mol. The van der Waals surface area contributed by atoms with Crippen molar-refractivity contribution in [3.05, 3.63) is 28.8 Å². The quantitative estimate of drug-likeness (QED) is 0.788. The van der Waals surface area contributed by atoms with Crippen LogP contribution in [0, 0.1) is 0 Å². The van der Waals surface area contributed by atoms with Gasteiger partial charge in [-0.05, 0) is 37.3 Å². The highest BCUT2D eigenvalue weighted by Crippen LogP contribution is 2.30. The van der Waals surface area contributed by atoms with E-state index >= 15 is 0 Å². The highest BCUT2D eigenvalue weighted by Gasteiger charge is 2.18. The van der Waals surface area contributed by atoms with Crippen LogP contribution in [0.5, 0.6) is 0 Å². The Morgan fingerprint density at radius 3 is 2.94 bits per heavy atom. The summed E-state index contributed by atoms with van der Waals surface area (Å²) in [6.45, 7) is 4.81. The zero-order valence-corrected chi connectivity index (χ0v) is 10.1. The van der Waals surface area contributed by atoms with E-state index in [4.69, 9.17) is 0 Å². The molecule has 16 heavy (non-hydrogen) atoms. The molecule has 0 saturated carbocycles. The van der Waals surface area contributed by atoms with Crippen LogP contribution in [0.1, 0.15) is 48.2 Å². The largest absolute Gasteiger partial charge is 0.384 e. The number of ketones is 1. The van der Waals surface area contributed by atoms with E-state index in [0.29, 0.717) is 0 Å². The van der Waals surface area contributed by atoms with Gasteiger partial charge in [0.2, 0.25) is 0 Å². The van der Waals surface area contributed by atoms with Crippen LogP contribution in [0.15, 0.2) is 12.1 Å². The Balaban J connectivity index is 2.52. The van der Waals surface area contributed by atoms with Gasteiger partial charge in [0.05, 0.1) is 0 Å². The molecule has 0 atom stereocenters. The summed E-state index contributed by atoms with van der Waals surface area (Å²) in [7, 11) is 0. The second kappa shape index (κ2) is 4.69. The Kier molecular flexibility index (Phi) is 3.28. The number of fused-ring (bicyclic) bond motifs is 1. The van der Waals surface area contributed by atoms with E-state index in [-0.39, 0.29) is 5.78 Å². The topological polar surface area (TPSA) is 29.1 Å². The summed E-state index contributed by atoms with van der Waals surface area (Å²) in [5.41, 5.74) is 4.53. The van der Waals surface area contributed by atoms with Crippen LogP contribution in [-0.2, 0) is 12.8 Å². The summed E-state index contributed by atoms with van der Waals surface area (Å²) in [5.74, 6) is 0.190. The minimum Gasteiger partial charge on any atom is -0.384 e. The third-order valence-corrected chi connectivity index (χ3v) is 3.17. The van der Waals surface area contributed by atoms with Crippen molar-refractivity contribution in [3.8, 4) is 0 Å². The second-order valence-corrected chi connectivity index (χ2v) is 4.47. The van der Waals surface area contributed by atoms with Crippen molar-refractivity contribution in [1.82, 2.24) is 0 Å². The fraction of sp³-hybridized carbons (Fsp3) is 0.500. The molecule has 0 unspecified atom stereocenters. The van der Waals surface area contributed by atoms with E-state index in [0.717, 1.165) is 43.5 Å². The molecule has 0 aromatic heterocycles. The number of Topliss-reactive ketones (excluding diaryl/α,β-unsaturated/α-hetero) is 1. The molecule has 86 valence electrons. The molecule has 2 heteroatoms. The molecule has 0 fully saturated rings. The SMILES string of the molecule is CCCc1ccc2c(c1C(C)=O)NCCC2. The molecule has 2 rings (SSSR count). The number of aryl methyl sites for hydroxylation is 2. The standard InChI is InChI=1S/C14H19NO/c1-3-5-11-7-8-12-6-4-9-15-14(12)13(11)10(2)16/h7-8,15H,3-6,9H2,1-2H3. The summed E-state index contributed by atoms with van der Waals surface area (Å²) in [5, 5.41) is 3.39. The molecule has 2 nitrogen and oxygen atoms in total. The van der Waals surface area contributed by atoms with Crippen molar-refractivity contribution in [2.24, 2.45) is 0 Å². The third kappa shape index (κ3) is 1.97. The maximum atomic E-state index is 11.8. The van der Waals surface area contributed by atoms with Crippen LogP contribution in [-0.4, -0.2) is 12.3 Å². The number of carbonyl (C=O) groups excluding carboxylic acids is 1. The third-order valence-electron chi connectivity index (χ3n) is 3.17. The number of anilines is 1. The highest BCUT2D eigenvalue weighted by molar-refractivity contribution is 6.02. The summed E-state index contributed by atoms with van der Waals surface area (Å²) >= 11 is 0. The van der Waals surface area contributed by atoms with E-state index in [9.17, 15) is 4.79 Å². The van der Waals surface area contributed by atoms with Gasteiger partial charge in [-0.1, -0.05) is 25.5 Å². The van der Waals surface area contributed by atoms with E-state index in [1.54, 1.807) is 6.92 Å². The van der Waals surface area contributed by atoms with Crippen LogP contribution >= 0.6 is 0 Å². The molecule has 1 aromatic carbocycles. The van der Waals surface area contributed by atoms with E-state index in [1.165, 1.54) is 11.1 Å². The number of benzene rings is 1. The second-order valence-electron chi connectivity index (χ2n) is 4.47. The zero-order chi connectivity index (χ0) is 11.5. The van der Waals surface area contributed by atoms with Crippen molar-refractivity contribution in [1.29, 1.82) is 0 Å². The highest BCUT2D eigenvalue weighted by atomic mass is 16.1. The maximum Gasteiger partial charge on any atom is 0.162 e. The predicted octanol–water partition coefficient (Wildman–Crippen LogP) is 3.20. The van der Waals surface area contributed by atoms with Crippen LogP contribution in [0.3, 0.4) is 0 Å². The number of hydrogen-bond donors (Lipinski definition) is 1. The van der Waals surface area contributed by atoms with Gasteiger partial charge in [-0.25, -0.2) is 0 Å². The molecule has 0 saturated heterocycles. The normalized spacial score (nSPS) is 14.1. The van der Waals surface area contributed by atoms with Crippen LogP contribution in [0.4, 0.5) is 5.69 Å². The fourth-order valence-electron chi connectivity index (χ4n) is 2.47. The first-order chi connectivity index (χ1) is 7.74. The van der Waals surface area contributed by atoms with Crippen molar-refractivity contribution in [3.63, 3.8) is 0 Å². The van der Waals surface area contributed by atoms with Gasteiger partial charge in [0, 0.05) is 17.8 Å². The van der Waals surface area contributed by atoms with Gasteiger partial charge in [0.15, 0.2) is 5.78 Å². The Morgan fingerprint density at radius 1 is 1.44 bits per heavy atom. The first-order valence-corrected chi connectivity index (χ1v) is 6.13. The molecular weight excluding hydrogens is 198 g/mol. The summed E-state index contributed by atoms with van der Waals surface area (Å²) in [4.78, 5) is 11.8. The van der Waals surface area contributed by atoms with Gasteiger partial charge in [-0.15, -0.1) is 0 Å². The first kappa shape index (κ1) is 11.2. The number of nitrogens with one attached hydrogen (secondary N) is 1. The van der Waals surface area contributed by atoms with Crippen LogP contribution < -0.4 is 5.32 Å². The summed E-state index contributed by atoms with van der Waals surface area (Å²) in [6, 6.07) is 4.31. The van der Waals surface area contributed by atoms with E-state index in [1.807, 2.05) is 0 Å². The fourth-order valence-corrected chi connectivity index (χ4v) is 2.47. The molecule has 0 bridgehead atoms. The maximum absolute atomic E-state index is 11.8. The van der Waals surface area contributed by atoms with Gasteiger partial charge in [0.1, 0.15) is 0 Å². The zero-order valence-electron chi connectivity index (χ0n) is 10.1. The number of rotatable bonds is 3. The summed E-state index contributed by atoms with van der Waals surface area (Å²) < 4.78 is 0. The first-order valence-electron chi connectivity index (χ1n) is 6.13. The lowest BCUT2D eigenvalue weighted by molar-refractivity contribution is 0.101. The molecule has 1 heterocycles. The summed E-state index contributed by atoms with van der Waals surface area (Å²) in [6.07, 6.45) is 4.33. The van der Waals surface area contributed by atoms with Gasteiger partial charge < -0.3 is 5.32 Å². The Bertz CT molecular complexity index is 409. The molecule has 1 aromatic rings.